The Bertz CT molecular complexity index is 1020. The molecule has 3 saturated heterocycles. The number of benzene rings is 2. The van der Waals surface area contributed by atoms with Crippen LogP contribution in [-0.2, 0) is 6.54 Å². The molecule has 0 saturated carbocycles. The minimum atomic E-state index is -0.458. The molecule has 3 fully saturated rings. The molecule has 6 rings (SSSR count). The molecule has 5 atom stereocenters. The van der Waals surface area contributed by atoms with Gasteiger partial charge in [-0.25, -0.2) is 0 Å². The maximum atomic E-state index is 11.4. The quantitative estimate of drug-likeness (QED) is 0.494. The highest BCUT2D eigenvalue weighted by atomic mass is 35.5. The van der Waals surface area contributed by atoms with Gasteiger partial charge in [0.1, 0.15) is 0 Å². The molecule has 1 N–H and O–H groups in total. The van der Waals surface area contributed by atoms with Crippen LogP contribution < -0.4 is 17.0 Å². The number of halogens is 1. The number of piperidine rings is 3. The first kappa shape index (κ1) is 21.0. The van der Waals surface area contributed by atoms with Gasteiger partial charge in [-0.05, 0) is 37.3 Å². The summed E-state index contributed by atoms with van der Waals surface area (Å²) in [5.74, 6) is 1.24. The van der Waals surface area contributed by atoms with Gasteiger partial charge in [-0.3, -0.25) is 4.90 Å². The fourth-order valence-corrected chi connectivity index (χ4v) is 5.40. The van der Waals surface area contributed by atoms with Crippen molar-refractivity contribution in [3.05, 3.63) is 90.6 Å². The molecular weight excluding hydrogens is 392 g/mol. The Balaban J connectivity index is 0.00000218. The van der Waals surface area contributed by atoms with Crippen molar-refractivity contribution in [1.82, 2.24) is 4.90 Å². The molecule has 3 aliphatic rings. The zero-order valence-electron chi connectivity index (χ0n) is 17.2. The monoisotopic (exact) mass is 420 g/mol. The van der Waals surface area contributed by atoms with Crippen LogP contribution in [0.1, 0.15) is 30.1 Å². The van der Waals surface area contributed by atoms with Crippen molar-refractivity contribution in [2.75, 3.05) is 13.1 Å². The molecule has 2 aromatic carbocycles. The Kier molecular flexibility index (Phi) is 6.24. The molecule has 4 heteroatoms. The summed E-state index contributed by atoms with van der Waals surface area (Å²) in [7, 11) is 0. The number of aliphatic hydroxyl groups excluding tert-OH is 1. The van der Waals surface area contributed by atoms with E-state index in [-0.39, 0.29) is 18.4 Å². The van der Waals surface area contributed by atoms with Gasteiger partial charge >= 0.3 is 0 Å². The molecule has 2 bridgehead atoms. The van der Waals surface area contributed by atoms with Crippen molar-refractivity contribution < 1.29 is 22.1 Å². The summed E-state index contributed by atoms with van der Waals surface area (Å²) in [6.07, 6.45) is 6.08. The molecular formula is C26H29ClN2O. The van der Waals surface area contributed by atoms with Crippen molar-refractivity contribution >= 4 is 10.9 Å². The number of aromatic nitrogens is 1. The van der Waals surface area contributed by atoms with Crippen LogP contribution >= 0.6 is 0 Å². The van der Waals surface area contributed by atoms with Crippen LogP contribution in [0.2, 0.25) is 0 Å². The van der Waals surface area contributed by atoms with E-state index in [2.05, 4.69) is 89.0 Å². The summed E-state index contributed by atoms with van der Waals surface area (Å²) in [6, 6.07) is 21.3. The Morgan fingerprint density at radius 1 is 1.10 bits per heavy atom. The summed E-state index contributed by atoms with van der Waals surface area (Å²) in [6.45, 7) is 6.98. The van der Waals surface area contributed by atoms with E-state index in [0.717, 1.165) is 37.0 Å². The molecule has 3 aromatic rings. The van der Waals surface area contributed by atoms with E-state index in [9.17, 15) is 5.11 Å². The van der Waals surface area contributed by atoms with Crippen LogP contribution in [0.5, 0.6) is 0 Å². The standard InChI is InChI=1S/C26H29N2O.ClH/c1-2-20-18-28-14-12-21(20)16-25(28)26(29)23-13-15-27(17-19-8-4-3-5-9-19)24-11-7-6-10-22(23)24;/h2-11,13,15,20-21,25-26,29H,1,12,14,16-18H2;1H/q+1;/p-1. The van der Waals surface area contributed by atoms with E-state index in [1.807, 2.05) is 0 Å². The maximum absolute atomic E-state index is 11.4. The van der Waals surface area contributed by atoms with E-state index in [4.69, 9.17) is 0 Å². The lowest BCUT2D eigenvalue weighted by Crippen LogP contribution is -3.00. The second-order valence-corrected chi connectivity index (χ2v) is 8.59. The first-order valence-corrected chi connectivity index (χ1v) is 10.7. The van der Waals surface area contributed by atoms with Crippen LogP contribution in [0.25, 0.3) is 10.9 Å². The highest BCUT2D eigenvalue weighted by molar-refractivity contribution is 5.79. The lowest BCUT2D eigenvalue weighted by molar-refractivity contribution is -0.662. The van der Waals surface area contributed by atoms with Crippen LogP contribution in [0.4, 0.5) is 0 Å². The number of nitrogens with zero attached hydrogens (tertiary/aromatic N) is 2. The molecule has 3 aliphatic heterocycles. The van der Waals surface area contributed by atoms with Gasteiger partial charge in [0.05, 0.1) is 11.5 Å². The van der Waals surface area contributed by atoms with Gasteiger partial charge in [0.15, 0.2) is 12.7 Å². The number of pyridine rings is 1. The number of fused-ring (bicyclic) bond motifs is 4. The minimum Gasteiger partial charge on any atom is -1.00 e. The second kappa shape index (κ2) is 8.89. The van der Waals surface area contributed by atoms with E-state index in [1.54, 1.807) is 0 Å². The zero-order chi connectivity index (χ0) is 19.8. The topological polar surface area (TPSA) is 27.3 Å². The molecule has 30 heavy (non-hydrogen) atoms. The van der Waals surface area contributed by atoms with Crippen LogP contribution in [-0.4, -0.2) is 29.1 Å². The molecule has 156 valence electrons. The molecule has 0 spiro atoms. The van der Waals surface area contributed by atoms with Gasteiger partial charge in [-0.2, -0.15) is 4.57 Å². The zero-order valence-corrected chi connectivity index (χ0v) is 18.0. The van der Waals surface area contributed by atoms with Gasteiger partial charge < -0.3 is 17.5 Å². The third kappa shape index (κ3) is 3.78. The summed E-state index contributed by atoms with van der Waals surface area (Å²) < 4.78 is 2.28. The number of para-hydroxylation sites is 1. The van der Waals surface area contributed by atoms with Crippen molar-refractivity contribution in [1.29, 1.82) is 0 Å². The SMILES string of the molecule is C=CC1CN2CCC1CC2C(O)c1cc[n+](Cc2ccccc2)c2ccccc12.[Cl-]. The number of hydrogen-bond donors (Lipinski definition) is 1. The average molecular weight is 421 g/mol. The second-order valence-electron chi connectivity index (χ2n) is 8.59. The molecule has 0 aliphatic carbocycles. The van der Waals surface area contributed by atoms with E-state index < -0.39 is 6.10 Å². The largest absolute Gasteiger partial charge is 1.00 e. The third-order valence-electron chi connectivity index (χ3n) is 6.99. The summed E-state index contributed by atoms with van der Waals surface area (Å²) in [4.78, 5) is 2.48. The van der Waals surface area contributed by atoms with Crippen LogP contribution in [0.15, 0.2) is 79.5 Å². The fourth-order valence-electron chi connectivity index (χ4n) is 5.40. The van der Waals surface area contributed by atoms with Crippen LogP contribution in [0, 0.1) is 11.8 Å². The number of rotatable bonds is 5. The maximum Gasteiger partial charge on any atom is 0.213 e. The lowest BCUT2D eigenvalue weighted by Gasteiger charge is -2.50. The van der Waals surface area contributed by atoms with E-state index in [1.165, 1.54) is 17.5 Å². The Morgan fingerprint density at radius 2 is 1.87 bits per heavy atom. The van der Waals surface area contributed by atoms with E-state index in [0.29, 0.717) is 11.8 Å². The highest BCUT2D eigenvalue weighted by Crippen LogP contribution is 2.41. The van der Waals surface area contributed by atoms with Crippen molar-refractivity contribution in [2.24, 2.45) is 11.8 Å². The van der Waals surface area contributed by atoms with Crippen LogP contribution in [0.3, 0.4) is 0 Å². The third-order valence-corrected chi connectivity index (χ3v) is 6.99. The molecule has 1 aromatic heterocycles. The minimum absolute atomic E-state index is 0. The summed E-state index contributed by atoms with van der Waals surface area (Å²) in [5.41, 5.74) is 3.51. The van der Waals surface area contributed by atoms with Crippen molar-refractivity contribution in [2.45, 2.75) is 31.5 Å². The normalized spacial score (nSPS) is 26.2. The predicted molar refractivity (Wildman–Crippen MR) is 116 cm³/mol. The Hall–Kier alpha value is -2.20. The first-order chi connectivity index (χ1) is 14.2. The van der Waals surface area contributed by atoms with Gasteiger partial charge in [0.2, 0.25) is 5.52 Å². The van der Waals surface area contributed by atoms with Gasteiger partial charge in [0.25, 0.3) is 0 Å². The average Bonchev–Trinajstić information content (AvgIpc) is 2.79. The fraction of sp³-hybridized carbons (Fsp3) is 0.346. The van der Waals surface area contributed by atoms with Gasteiger partial charge in [0, 0.05) is 35.8 Å². The Labute approximate surface area is 185 Å². The summed E-state index contributed by atoms with van der Waals surface area (Å²) >= 11 is 0. The lowest BCUT2D eigenvalue weighted by atomic mass is 9.73. The molecule has 0 radical (unpaired) electrons. The number of hydrogen-bond acceptors (Lipinski definition) is 2. The number of aliphatic hydroxyl groups is 1. The van der Waals surface area contributed by atoms with Crippen molar-refractivity contribution in [3.63, 3.8) is 0 Å². The Morgan fingerprint density at radius 3 is 2.60 bits per heavy atom. The predicted octanol–water partition coefficient (Wildman–Crippen LogP) is 1.11. The van der Waals surface area contributed by atoms with E-state index >= 15 is 0 Å². The van der Waals surface area contributed by atoms with Gasteiger partial charge in [-0.15, -0.1) is 6.58 Å². The molecule has 4 heterocycles. The summed E-state index contributed by atoms with van der Waals surface area (Å²) in [5, 5.41) is 12.6. The highest BCUT2D eigenvalue weighted by Gasteiger charge is 2.42. The first-order valence-electron chi connectivity index (χ1n) is 10.7. The molecule has 3 nitrogen and oxygen atoms in total. The van der Waals surface area contributed by atoms with Crippen molar-refractivity contribution in [3.8, 4) is 0 Å². The molecule has 0 amide bonds. The smallest absolute Gasteiger partial charge is 0.213 e. The molecule has 5 unspecified atom stereocenters. The van der Waals surface area contributed by atoms with Gasteiger partial charge in [-0.1, -0.05) is 48.5 Å².